The van der Waals surface area contributed by atoms with Crippen LogP contribution >= 0.6 is 0 Å². The molecule has 3 nitrogen and oxygen atoms in total. The highest BCUT2D eigenvalue weighted by Crippen LogP contribution is 2.21. The molecule has 0 aliphatic carbocycles. The summed E-state index contributed by atoms with van der Waals surface area (Å²) in [5.74, 6) is 0.0515. The average molecular weight is 323 g/mol. The van der Waals surface area contributed by atoms with Gasteiger partial charge in [-0.1, -0.05) is 54.1 Å². The summed E-state index contributed by atoms with van der Waals surface area (Å²) >= 11 is 0. The van der Waals surface area contributed by atoms with E-state index in [9.17, 15) is 4.79 Å². The predicted octanol–water partition coefficient (Wildman–Crippen LogP) is 2.78. The van der Waals surface area contributed by atoms with Crippen LogP contribution in [-0.2, 0) is 4.79 Å². The second-order valence-corrected chi connectivity index (χ2v) is 6.47. The molecule has 3 heteroatoms. The number of nitrogens with one attached hydrogen (secondary N) is 2. The lowest BCUT2D eigenvalue weighted by Crippen LogP contribution is -3.09. The fourth-order valence-electron chi connectivity index (χ4n) is 2.87. The van der Waals surface area contributed by atoms with Crippen molar-refractivity contribution in [3.8, 4) is 0 Å². The minimum Gasteiger partial charge on any atom is -0.326 e. The Morgan fingerprint density at radius 2 is 1.71 bits per heavy atom. The molecule has 126 valence electrons. The van der Waals surface area contributed by atoms with Crippen molar-refractivity contribution in [1.82, 2.24) is 0 Å². The molecule has 0 saturated heterocycles. The van der Waals surface area contributed by atoms with Gasteiger partial charge in [0.1, 0.15) is 0 Å². The summed E-state index contributed by atoms with van der Waals surface area (Å²) in [7, 11) is 2.03. The first-order valence-electron chi connectivity index (χ1n) is 8.36. The van der Waals surface area contributed by atoms with Crippen LogP contribution < -0.4 is 10.2 Å². The van der Waals surface area contributed by atoms with Gasteiger partial charge >= 0.3 is 0 Å². The molecule has 0 heterocycles. The summed E-state index contributed by atoms with van der Waals surface area (Å²) in [6, 6.07) is 14.4. The van der Waals surface area contributed by atoms with E-state index in [2.05, 4.69) is 48.7 Å². The zero-order chi connectivity index (χ0) is 17.5. The SMILES string of the molecule is Cc1cc(C)c(NC(=O)C[NH+](C)C/C=C/c2ccccc2)c(C)c1. The van der Waals surface area contributed by atoms with Crippen LogP contribution in [0.4, 0.5) is 5.69 Å². The summed E-state index contributed by atoms with van der Waals surface area (Å²) in [5, 5.41) is 3.06. The van der Waals surface area contributed by atoms with Gasteiger partial charge in [-0.2, -0.15) is 0 Å². The number of hydrogen-bond acceptors (Lipinski definition) is 1. The van der Waals surface area contributed by atoms with E-state index in [0.29, 0.717) is 6.54 Å². The van der Waals surface area contributed by atoms with E-state index in [1.807, 2.05) is 39.1 Å². The van der Waals surface area contributed by atoms with Crippen molar-refractivity contribution in [2.24, 2.45) is 0 Å². The number of benzene rings is 2. The molecular weight excluding hydrogens is 296 g/mol. The molecule has 0 aromatic heterocycles. The Bertz CT molecular complexity index is 697. The van der Waals surface area contributed by atoms with Gasteiger partial charge in [-0.05, 0) is 43.5 Å². The zero-order valence-electron chi connectivity index (χ0n) is 15.0. The van der Waals surface area contributed by atoms with Gasteiger partial charge in [-0.3, -0.25) is 4.79 Å². The third-order valence-corrected chi connectivity index (χ3v) is 3.98. The van der Waals surface area contributed by atoms with E-state index in [0.717, 1.165) is 28.3 Å². The summed E-state index contributed by atoms with van der Waals surface area (Å²) in [6.45, 7) is 7.41. The fraction of sp³-hybridized carbons (Fsp3) is 0.286. The molecule has 24 heavy (non-hydrogen) atoms. The maximum absolute atomic E-state index is 12.3. The van der Waals surface area contributed by atoms with Crippen LogP contribution in [-0.4, -0.2) is 26.0 Å². The molecule has 0 bridgehead atoms. The number of hydrogen-bond donors (Lipinski definition) is 2. The van der Waals surface area contributed by atoms with Crippen LogP contribution in [0.5, 0.6) is 0 Å². The Hall–Kier alpha value is -2.39. The van der Waals surface area contributed by atoms with Gasteiger partial charge in [-0.25, -0.2) is 0 Å². The predicted molar refractivity (Wildman–Crippen MR) is 101 cm³/mol. The first-order chi connectivity index (χ1) is 11.5. The molecular formula is C21H27N2O+. The van der Waals surface area contributed by atoms with Crippen LogP contribution in [0.3, 0.4) is 0 Å². The second kappa shape index (κ2) is 8.46. The lowest BCUT2D eigenvalue weighted by Gasteiger charge is -2.15. The highest BCUT2D eigenvalue weighted by atomic mass is 16.2. The standard InChI is InChI=1S/C21H26N2O/c1-16-13-17(2)21(18(3)14-16)22-20(24)15-23(4)12-8-11-19-9-6-5-7-10-19/h5-11,13-14H,12,15H2,1-4H3,(H,22,24)/p+1/b11-8+. The minimum absolute atomic E-state index is 0.0515. The van der Waals surface area contributed by atoms with Gasteiger partial charge in [0, 0.05) is 5.69 Å². The average Bonchev–Trinajstić information content (AvgIpc) is 2.52. The van der Waals surface area contributed by atoms with Crippen molar-refractivity contribution in [1.29, 1.82) is 0 Å². The lowest BCUT2D eigenvalue weighted by molar-refractivity contribution is -0.864. The van der Waals surface area contributed by atoms with Crippen LogP contribution in [0, 0.1) is 20.8 Å². The number of likely N-dealkylation sites (N-methyl/N-ethyl adjacent to an activating group) is 1. The number of quaternary nitrogens is 1. The van der Waals surface area contributed by atoms with Crippen molar-refractivity contribution < 1.29 is 9.69 Å². The number of rotatable bonds is 6. The minimum atomic E-state index is 0.0515. The molecule has 1 atom stereocenters. The molecule has 2 aromatic rings. The molecule has 0 aliphatic heterocycles. The Labute approximate surface area is 145 Å². The van der Waals surface area contributed by atoms with Crippen LogP contribution in [0.25, 0.3) is 6.08 Å². The normalized spacial score (nSPS) is 12.3. The summed E-state index contributed by atoms with van der Waals surface area (Å²) in [6.07, 6.45) is 4.20. The molecule has 0 spiro atoms. The quantitative estimate of drug-likeness (QED) is 0.842. The number of carbonyl (C=O) groups excluding carboxylic acids is 1. The van der Waals surface area contributed by atoms with E-state index in [-0.39, 0.29) is 5.91 Å². The first-order valence-corrected chi connectivity index (χ1v) is 8.36. The number of carbonyl (C=O) groups is 1. The maximum atomic E-state index is 12.3. The smallest absolute Gasteiger partial charge is 0.279 e. The molecule has 2 rings (SSSR count). The number of aryl methyl sites for hydroxylation is 3. The number of anilines is 1. The van der Waals surface area contributed by atoms with Crippen molar-refractivity contribution in [2.45, 2.75) is 20.8 Å². The molecule has 0 aliphatic rings. The molecule has 0 radical (unpaired) electrons. The lowest BCUT2D eigenvalue weighted by atomic mass is 10.1. The summed E-state index contributed by atoms with van der Waals surface area (Å²) in [5.41, 5.74) is 5.57. The largest absolute Gasteiger partial charge is 0.326 e. The van der Waals surface area contributed by atoms with Crippen molar-refractivity contribution in [2.75, 3.05) is 25.5 Å². The van der Waals surface area contributed by atoms with Gasteiger partial charge in [0.2, 0.25) is 0 Å². The van der Waals surface area contributed by atoms with E-state index in [4.69, 9.17) is 0 Å². The van der Waals surface area contributed by atoms with Crippen LogP contribution in [0.1, 0.15) is 22.3 Å². The Morgan fingerprint density at radius 1 is 1.08 bits per heavy atom. The Morgan fingerprint density at radius 3 is 2.33 bits per heavy atom. The van der Waals surface area contributed by atoms with Gasteiger partial charge in [0.25, 0.3) is 5.91 Å². The first kappa shape index (κ1) is 18.0. The van der Waals surface area contributed by atoms with E-state index in [1.54, 1.807) is 0 Å². The van der Waals surface area contributed by atoms with Gasteiger partial charge in [0.15, 0.2) is 6.54 Å². The molecule has 1 amide bonds. The fourth-order valence-corrected chi connectivity index (χ4v) is 2.87. The van der Waals surface area contributed by atoms with Gasteiger partial charge in [-0.15, -0.1) is 0 Å². The highest BCUT2D eigenvalue weighted by Gasteiger charge is 2.12. The molecule has 1 unspecified atom stereocenters. The van der Waals surface area contributed by atoms with Crippen molar-refractivity contribution in [3.63, 3.8) is 0 Å². The Balaban J connectivity index is 1.87. The molecule has 0 saturated carbocycles. The van der Waals surface area contributed by atoms with Crippen molar-refractivity contribution in [3.05, 3.63) is 70.8 Å². The zero-order valence-corrected chi connectivity index (χ0v) is 15.0. The van der Waals surface area contributed by atoms with E-state index >= 15 is 0 Å². The summed E-state index contributed by atoms with van der Waals surface area (Å²) in [4.78, 5) is 13.4. The van der Waals surface area contributed by atoms with Gasteiger partial charge < -0.3 is 10.2 Å². The second-order valence-electron chi connectivity index (χ2n) is 6.47. The topological polar surface area (TPSA) is 33.5 Å². The van der Waals surface area contributed by atoms with Crippen molar-refractivity contribution >= 4 is 17.7 Å². The monoisotopic (exact) mass is 323 g/mol. The Kier molecular flexibility index (Phi) is 6.33. The van der Waals surface area contributed by atoms with E-state index < -0.39 is 0 Å². The molecule has 2 aromatic carbocycles. The third kappa shape index (κ3) is 5.36. The maximum Gasteiger partial charge on any atom is 0.279 e. The number of amides is 1. The van der Waals surface area contributed by atoms with E-state index in [1.165, 1.54) is 11.1 Å². The van der Waals surface area contributed by atoms with Gasteiger partial charge in [0.05, 0.1) is 13.6 Å². The third-order valence-electron chi connectivity index (χ3n) is 3.98. The van der Waals surface area contributed by atoms with Crippen LogP contribution in [0.2, 0.25) is 0 Å². The summed E-state index contributed by atoms with van der Waals surface area (Å²) < 4.78 is 0. The highest BCUT2D eigenvalue weighted by molar-refractivity contribution is 5.93. The molecule has 2 N–H and O–H groups in total. The molecule has 0 fully saturated rings. The van der Waals surface area contributed by atoms with Crippen LogP contribution in [0.15, 0.2) is 48.5 Å².